The molecule has 1 fully saturated rings. The zero-order chi connectivity index (χ0) is 25.0. The first kappa shape index (κ1) is 24.7. The molecular formula is C27H32N4O4S. The van der Waals surface area contributed by atoms with E-state index in [1.54, 1.807) is 34.9 Å². The fourth-order valence-electron chi connectivity index (χ4n) is 4.78. The van der Waals surface area contributed by atoms with E-state index in [1.165, 1.54) is 0 Å². The summed E-state index contributed by atoms with van der Waals surface area (Å²) in [6, 6.07) is 19.0. The minimum Gasteiger partial charge on any atom is -0.489 e. The van der Waals surface area contributed by atoms with Crippen molar-refractivity contribution in [1.29, 1.82) is 0 Å². The van der Waals surface area contributed by atoms with Gasteiger partial charge in [0.2, 0.25) is 10.0 Å². The highest BCUT2D eigenvalue weighted by Crippen LogP contribution is 2.31. The van der Waals surface area contributed by atoms with Crippen LogP contribution in [0.15, 0.2) is 78.0 Å². The van der Waals surface area contributed by atoms with Crippen molar-refractivity contribution in [3.8, 4) is 5.75 Å². The van der Waals surface area contributed by atoms with Crippen molar-refractivity contribution in [2.45, 2.75) is 36.5 Å². The molecule has 9 heteroatoms. The van der Waals surface area contributed by atoms with Crippen LogP contribution in [0.3, 0.4) is 0 Å². The van der Waals surface area contributed by atoms with Gasteiger partial charge in [-0.15, -0.1) is 0 Å². The first-order chi connectivity index (χ1) is 17.5. The Morgan fingerprint density at radius 1 is 1.06 bits per heavy atom. The molecule has 2 N–H and O–H groups in total. The predicted octanol–water partition coefficient (Wildman–Crippen LogP) is 2.44. The summed E-state index contributed by atoms with van der Waals surface area (Å²) in [4.78, 5) is 6.61. The van der Waals surface area contributed by atoms with Crippen LogP contribution in [0, 0.1) is 0 Å². The van der Waals surface area contributed by atoms with Crippen LogP contribution in [0.5, 0.6) is 5.75 Å². The van der Waals surface area contributed by atoms with E-state index in [4.69, 9.17) is 4.74 Å². The molecule has 1 aromatic heterocycles. The number of aryl methyl sites for hydroxylation is 1. The van der Waals surface area contributed by atoms with E-state index in [-0.39, 0.29) is 6.10 Å². The van der Waals surface area contributed by atoms with Crippen LogP contribution in [-0.4, -0.2) is 67.9 Å². The number of aliphatic hydroxyl groups is 1. The number of aromatic nitrogens is 1. The molecule has 190 valence electrons. The summed E-state index contributed by atoms with van der Waals surface area (Å²) >= 11 is 0. The molecule has 2 aromatic carbocycles. The van der Waals surface area contributed by atoms with Crippen LogP contribution in [0.25, 0.3) is 0 Å². The van der Waals surface area contributed by atoms with Gasteiger partial charge in [-0.2, -0.15) is 4.31 Å². The monoisotopic (exact) mass is 508 g/mol. The van der Waals surface area contributed by atoms with Crippen LogP contribution < -0.4 is 15.0 Å². The third-order valence-electron chi connectivity index (χ3n) is 6.79. The summed E-state index contributed by atoms with van der Waals surface area (Å²) in [6.45, 7) is 2.75. The van der Waals surface area contributed by atoms with E-state index >= 15 is 0 Å². The minimum atomic E-state index is -3.57. The topological polar surface area (TPSA) is 95.0 Å². The Labute approximate surface area is 212 Å². The lowest BCUT2D eigenvalue weighted by Gasteiger charge is -2.35. The maximum atomic E-state index is 13.3. The third kappa shape index (κ3) is 5.70. The molecule has 1 saturated heterocycles. The molecule has 36 heavy (non-hydrogen) atoms. The minimum absolute atomic E-state index is 0.0884. The Hall–Kier alpha value is -2.98. The van der Waals surface area contributed by atoms with Crippen LogP contribution in [0.1, 0.15) is 17.5 Å². The fourth-order valence-corrected chi connectivity index (χ4v) is 6.25. The number of sulfonamides is 1. The molecule has 2 aliphatic heterocycles. The lowest BCUT2D eigenvalue weighted by atomic mass is 10.0. The van der Waals surface area contributed by atoms with Gasteiger partial charge >= 0.3 is 0 Å². The largest absolute Gasteiger partial charge is 0.489 e. The Kier molecular flexibility index (Phi) is 7.52. The summed E-state index contributed by atoms with van der Waals surface area (Å²) in [5.41, 5.74) is 2.99. The molecule has 0 amide bonds. The van der Waals surface area contributed by atoms with E-state index in [2.05, 4.69) is 27.3 Å². The molecule has 0 aliphatic carbocycles. The van der Waals surface area contributed by atoms with Gasteiger partial charge in [-0.1, -0.05) is 24.3 Å². The molecule has 0 unspecified atom stereocenters. The smallest absolute Gasteiger partial charge is 0.243 e. The maximum Gasteiger partial charge on any atom is 0.243 e. The van der Waals surface area contributed by atoms with Crippen molar-refractivity contribution in [3.05, 3.63) is 84.2 Å². The zero-order valence-electron chi connectivity index (χ0n) is 20.2. The molecule has 8 nitrogen and oxygen atoms in total. The Balaban J connectivity index is 1.16. The number of nitrogens with one attached hydrogen (secondary N) is 1. The quantitative estimate of drug-likeness (QED) is 0.452. The normalized spacial score (nSPS) is 19.4. The van der Waals surface area contributed by atoms with E-state index in [0.29, 0.717) is 49.8 Å². The second-order valence-corrected chi connectivity index (χ2v) is 11.2. The highest BCUT2D eigenvalue weighted by Gasteiger charge is 2.30. The number of nitrogens with zero attached hydrogens (tertiary/aromatic N) is 3. The van der Waals surface area contributed by atoms with Crippen molar-refractivity contribution in [3.63, 3.8) is 0 Å². The fraction of sp³-hybridized carbons (Fsp3) is 0.370. The molecule has 0 spiro atoms. The van der Waals surface area contributed by atoms with Crippen molar-refractivity contribution in [2.24, 2.45) is 0 Å². The van der Waals surface area contributed by atoms with Gasteiger partial charge in [-0.3, -0.25) is 10.3 Å². The van der Waals surface area contributed by atoms with Gasteiger partial charge in [-0.05, 0) is 60.4 Å². The Bertz CT molecular complexity index is 1250. The third-order valence-corrected chi connectivity index (χ3v) is 8.69. The molecule has 2 aliphatic rings. The number of pyridine rings is 1. The van der Waals surface area contributed by atoms with Crippen molar-refractivity contribution in [1.82, 2.24) is 14.6 Å². The zero-order valence-corrected chi connectivity index (χ0v) is 21.0. The van der Waals surface area contributed by atoms with Gasteiger partial charge in [0.25, 0.3) is 0 Å². The van der Waals surface area contributed by atoms with Crippen LogP contribution in [0.4, 0.5) is 5.69 Å². The highest BCUT2D eigenvalue weighted by molar-refractivity contribution is 7.89. The molecule has 0 radical (unpaired) electrons. The van der Waals surface area contributed by atoms with Crippen molar-refractivity contribution < 1.29 is 18.3 Å². The average molecular weight is 509 g/mol. The van der Waals surface area contributed by atoms with Crippen LogP contribution >= 0.6 is 0 Å². The Morgan fingerprint density at radius 2 is 1.86 bits per heavy atom. The van der Waals surface area contributed by atoms with E-state index in [0.717, 1.165) is 29.7 Å². The first-order valence-electron chi connectivity index (χ1n) is 12.4. The molecular weight excluding hydrogens is 476 g/mol. The number of piperazine rings is 1. The standard InChI is InChI=1S/C27H32N4O4S/c32-27(17-21-5-4-12-28-19-21)29-20-24-9-8-22-18-25(10-11-26(22)35-24)36(33,34)31-15-13-30(14-16-31)23-6-2-1-3-7-23/h1-7,10-12,18-19,24,27,29,32H,8-9,13-17,20H2/t24-,27-/m1/s1. The number of anilines is 1. The molecule has 3 aromatic rings. The predicted molar refractivity (Wildman–Crippen MR) is 139 cm³/mol. The van der Waals surface area contributed by atoms with Crippen molar-refractivity contribution >= 4 is 15.7 Å². The number of fused-ring (bicyclic) bond motifs is 1. The number of benzene rings is 2. The van der Waals surface area contributed by atoms with E-state index < -0.39 is 16.3 Å². The lowest BCUT2D eigenvalue weighted by Crippen LogP contribution is -2.48. The number of aliphatic hydroxyl groups excluding tert-OH is 1. The summed E-state index contributed by atoms with van der Waals surface area (Å²) < 4.78 is 34.4. The van der Waals surface area contributed by atoms with Crippen molar-refractivity contribution in [2.75, 3.05) is 37.6 Å². The van der Waals surface area contributed by atoms with Gasteiger partial charge in [0.15, 0.2) is 0 Å². The molecule has 0 saturated carbocycles. The number of ether oxygens (including phenoxy) is 1. The molecule has 0 bridgehead atoms. The number of rotatable bonds is 8. The van der Waals surface area contributed by atoms with Crippen LogP contribution in [0.2, 0.25) is 0 Å². The maximum absolute atomic E-state index is 13.3. The second kappa shape index (κ2) is 11.0. The summed E-state index contributed by atoms with van der Waals surface area (Å²) in [5.74, 6) is 0.711. The lowest BCUT2D eigenvalue weighted by molar-refractivity contribution is 0.103. The van der Waals surface area contributed by atoms with Crippen LogP contribution in [-0.2, 0) is 22.9 Å². The molecule has 5 rings (SSSR count). The summed E-state index contributed by atoms with van der Waals surface area (Å²) in [6.07, 6.45) is 4.62. The molecule has 2 atom stereocenters. The SMILES string of the molecule is O=S(=O)(c1ccc2c(c1)CC[C@H](CN[C@H](O)Cc1cccnc1)O2)N1CCN(c2ccccc2)CC1. The van der Waals surface area contributed by atoms with Gasteiger partial charge in [-0.25, -0.2) is 8.42 Å². The first-order valence-corrected chi connectivity index (χ1v) is 13.8. The van der Waals surface area contributed by atoms with E-state index in [9.17, 15) is 13.5 Å². The Morgan fingerprint density at radius 3 is 2.61 bits per heavy atom. The van der Waals surface area contributed by atoms with Gasteiger partial charge in [0, 0.05) is 57.2 Å². The highest BCUT2D eigenvalue weighted by atomic mass is 32.2. The van der Waals surface area contributed by atoms with Gasteiger partial charge in [0.1, 0.15) is 18.1 Å². The second-order valence-electron chi connectivity index (χ2n) is 9.26. The average Bonchev–Trinajstić information content (AvgIpc) is 2.92. The van der Waals surface area contributed by atoms with E-state index in [1.807, 2.05) is 30.3 Å². The summed E-state index contributed by atoms with van der Waals surface area (Å²) in [7, 11) is -3.57. The number of para-hydroxylation sites is 1. The number of hydrogen-bond acceptors (Lipinski definition) is 7. The summed E-state index contributed by atoms with van der Waals surface area (Å²) in [5, 5.41) is 13.4. The molecule has 3 heterocycles. The number of hydrogen-bond donors (Lipinski definition) is 2. The van der Waals surface area contributed by atoms with Gasteiger partial charge < -0.3 is 14.7 Å². The van der Waals surface area contributed by atoms with Gasteiger partial charge in [0.05, 0.1) is 4.90 Å².